The van der Waals surface area contributed by atoms with E-state index in [1.54, 1.807) is 0 Å². The van der Waals surface area contributed by atoms with Crippen LogP contribution in [0, 0.1) is 12.5 Å². The van der Waals surface area contributed by atoms with Crippen LogP contribution in [0.3, 0.4) is 0 Å². The predicted octanol–water partition coefficient (Wildman–Crippen LogP) is 2.58. The van der Waals surface area contributed by atoms with Crippen LogP contribution in [0.4, 0.5) is 0 Å². The second-order valence-electron chi connectivity index (χ2n) is 2.85. The predicted molar refractivity (Wildman–Crippen MR) is 46.7 cm³/mol. The highest BCUT2D eigenvalue weighted by Crippen LogP contribution is 2.09. The molecule has 0 aliphatic rings. The third-order valence-corrected chi connectivity index (χ3v) is 1.85. The topological polar surface area (TPSA) is 12.0 Å². The maximum Gasteiger partial charge on any atom is 0.0221 e. The van der Waals surface area contributed by atoms with E-state index < -0.39 is 0 Å². The highest BCUT2D eigenvalue weighted by atomic mass is 14.8. The SMILES string of the molecule is CCN[CH]CCC(C)CC. The average Bonchev–Trinajstić information content (AvgIpc) is 1.98. The van der Waals surface area contributed by atoms with Crippen molar-refractivity contribution in [3.63, 3.8) is 0 Å². The van der Waals surface area contributed by atoms with Crippen molar-refractivity contribution in [2.24, 2.45) is 5.92 Å². The number of rotatable bonds is 6. The molecule has 10 heavy (non-hydrogen) atoms. The molecule has 1 N–H and O–H groups in total. The zero-order valence-corrected chi connectivity index (χ0v) is 7.48. The van der Waals surface area contributed by atoms with Gasteiger partial charge in [0.15, 0.2) is 0 Å². The zero-order valence-electron chi connectivity index (χ0n) is 7.48. The fourth-order valence-corrected chi connectivity index (χ4v) is 0.818. The van der Waals surface area contributed by atoms with Gasteiger partial charge in [-0.15, -0.1) is 0 Å². The molecular weight excluding hydrogens is 122 g/mol. The second-order valence-corrected chi connectivity index (χ2v) is 2.85. The standard InChI is InChI=1S/C9H20N/c1-4-9(3)7-6-8-10-5-2/h8-10H,4-7H2,1-3H3. The van der Waals surface area contributed by atoms with Gasteiger partial charge in [0.25, 0.3) is 0 Å². The fraction of sp³-hybridized carbons (Fsp3) is 0.889. The summed E-state index contributed by atoms with van der Waals surface area (Å²) in [6, 6.07) is 0. The van der Waals surface area contributed by atoms with Gasteiger partial charge in [0, 0.05) is 6.54 Å². The Bertz CT molecular complexity index is 61.7. The fourth-order valence-electron chi connectivity index (χ4n) is 0.818. The Morgan fingerprint density at radius 1 is 1.40 bits per heavy atom. The minimum atomic E-state index is 0.884. The molecule has 0 bridgehead atoms. The van der Waals surface area contributed by atoms with E-state index in [1.165, 1.54) is 19.3 Å². The Labute approximate surface area is 65.2 Å². The third-order valence-electron chi connectivity index (χ3n) is 1.85. The highest BCUT2D eigenvalue weighted by molar-refractivity contribution is 4.62. The summed E-state index contributed by atoms with van der Waals surface area (Å²) in [5.41, 5.74) is 0. The van der Waals surface area contributed by atoms with Crippen LogP contribution < -0.4 is 5.32 Å². The summed E-state index contributed by atoms with van der Waals surface area (Å²) in [4.78, 5) is 0. The largest absolute Gasteiger partial charge is 0.313 e. The molecular formula is C9H20N. The molecule has 0 aromatic rings. The molecule has 0 amide bonds. The zero-order chi connectivity index (χ0) is 7.82. The van der Waals surface area contributed by atoms with Crippen LogP contribution in [-0.4, -0.2) is 6.54 Å². The van der Waals surface area contributed by atoms with E-state index in [9.17, 15) is 0 Å². The van der Waals surface area contributed by atoms with Gasteiger partial charge in [-0.05, 0) is 25.3 Å². The van der Waals surface area contributed by atoms with Crippen LogP contribution in [0.25, 0.3) is 0 Å². The van der Waals surface area contributed by atoms with Crippen molar-refractivity contribution in [3.05, 3.63) is 6.54 Å². The first-order valence-electron chi connectivity index (χ1n) is 4.36. The molecule has 0 aromatic carbocycles. The van der Waals surface area contributed by atoms with Crippen LogP contribution >= 0.6 is 0 Å². The van der Waals surface area contributed by atoms with Crippen molar-refractivity contribution < 1.29 is 0 Å². The molecule has 1 heteroatoms. The summed E-state index contributed by atoms with van der Waals surface area (Å²) in [5, 5.41) is 3.20. The van der Waals surface area contributed by atoms with E-state index in [0.29, 0.717) is 0 Å². The van der Waals surface area contributed by atoms with Crippen molar-refractivity contribution >= 4 is 0 Å². The van der Waals surface area contributed by atoms with Gasteiger partial charge in [0.1, 0.15) is 0 Å². The molecule has 1 nitrogen and oxygen atoms in total. The van der Waals surface area contributed by atoms with Gasteiger partial charge in [0.05, 0.1) is 0 Å². The molecule has 0 rings (SSSR count). The van der Waals surface area contributed by atoms with Gasteiger partial charge >= 0.3 is 0 Å². The summed E-state index contributed by atoms with van der Waals surface area (Å²) in [6.07, 6.45) is 3.84. The molecule has 0 saturated carbocycles. The molecule has 1 radical (unpaired) electrons. The van der Waals surface area contributed by atoms with Crippen molar-refractivity contribution in [2.45, 2.75) is 40.0 Å². The van der Waals surface area contributed by atoms with Gasteiger partial charge < -0.3 is 5.32 Å². The molecule has 0 fully saturated rings. The molecule has 0 aliphatic carbocycles. The van der Waals surface area contributed by atoms with Gasteiger partial charge in [0.2, 0.25) is 0 Å². The summed E-state index contributed by atoms with van der Waals surface area (Å²) < 4.78 is 0. The lowest BCUT2D eigenvalue weighted by Gasteiger charge is -2.06. The molecule has 0 heterocycles. The Balaban J connectivity index is 2.89. The normalized spacial score (nSPS) is 13.5. The number of nitrogens with one attached hydrogen (secondary N) is 1. The van der Waals surface area contributed by atoms with Crippen LogP contribution in [0.15, 0.2) is 0 Å². The lowest BCUT2D eigenvalue weighted by atomic mass is 10.0. The summed E-state index contributed by atoms with van der Waals surface area (Å²) in [7, 11) is 0. The molecule has 0 aliphatic heterocycles. The average molecular weight is 142 g/mol. The quantitative estimate of drug-likeness (QED) is 0.562. The Kier molecular flexibility index (Phi) is 7.04. The van der Waals surface area contributed by atoms with E-state index >= 15 is 0 Å². The van der Waals surface area contributed by atoms with E-state index in [2.05, 4.69) is 32.6 Å². The van der Waals surface area contributed by atoms with Gasteiger partial charge in [-0.25, -0.2) is 0 Å². The molecule has 0 aromatic heterocycles. The maximum absolute atomic E-state index is 3.20. The molecule has 0 saturated heterocycles. The number of hydrogen-bond acceptors (Lipinski definition) is 1. The van der Waals surface area contributed by atoms with Crippen molar-refractivity contribution in [1.29, 1.82) is 0 Å². The summed E-state index contributed by atoms with van der Waals surface area (Å²) >= 11 is 0. The minimum Gasteiger partial charge on any atom is -0.313 e. The smallest absolute Gasteiger partial charge is 0.0221 e. The van der Waals surface area contributed by atoms with E-state index in [1.807, 2.05) is 0 Å². The van der Waals surface area contributed by atoms with Crippen molar-refractivity contribution in [3.8, 4) is 0 Å². The van der Waals surface area contributed by atoms with Crippen LogP contribution in [0.5, 0.6) is 0 Å². The molecule has 0 spiro atoms. The van der Waals surface area contributed by atoms with Crippen LogP contribution in [-0.2, 0) is 0 Å². The van der Waals surface area contributed by atoms with E-state index in [-0.39, 0.29) is 0 Å². The Morgan fingerprint density at radius 3 is 2.60 bits per heavy atom. The molecule has 1 atom stereocenters. The summed E-state index contributed by atoms with van der Waals surface area (Å²) in [5.74, 6) is 0.884. The summed E-state index contributed by atoms with van der Waals surface area (Å²) in [6.45, 7) is 9.91. The minimum absolute atomic E-state index is 0.884. The van der Waals surface area contributed by atoms with Gasteiger partial charge in [-0.3, -0.25) is 0 Å². The lowest BCUT2D eigenvalue weighted by Crippen LogP contribution is -2.08. The maximum atomic E-state index is 3.20. The first kappa shape index (κ1) is 9.96. The lowest BCUT2D eigenvalue weighted by molar-refractivity contribution is 0.504. The Morgan fingerprint density at radius 2 is 2.10 bits per heavy atom. The van der Waals surface area contributed by atoms with Crippen molar-refractivity contribution in [1.82, 2.24) is 5.32 Å². The van der Waals surface area contributed by atoms with Crippen LogP contribution in [0.2, 0.25) is 0 Å². The monoisotopic (exact) mass is 142 g/mol. The molecule has 1 unspecified atom stereocenters. The van der Waals surface area contributed by atoms with E-state index in [4.69, 9.17) is 0 Å². The van der Waals surface area contributed by atoms with Crippen molar-refractivity contribution in [2.75, 3.05) is 6.54 Å². The first-order valence-corrected chi connectivity index (χ1v) is 4.36. The highest BCUT2D eigenvalue weighted by Gasteiger charge is 1.96. The number of hydrogen-bond donors (Lipinski definition) is 1. The van der Waals surface area contributed by atoms with Gasteiger partial charge in [-0.1, -0.05) is 27.2 Å². The van der Waals surface area contributed by atoms with Gasteiger partial charge in [-0.2, -0.15) is 0 Å². The first-order chi connectivity index (χ1) is 4.81. The van der Waals surface area contributed by atoms with Crippen LogP contribution in [0.1, 0.15) is 40.0 Å². The Hall–Kier alpha value is -0.0400. The van der Waals surface area contributed by atoms with E-state index in [0.717, 1.165) is 12.5 Å². The molecule has 61 valence electrons. The second kappa shape index (κ2) is 7.07. The third kappa shape index (κ3) is 6.09.